The van der Waals surface area contributed by atoms with Crippen LogP contribution < -0.4 is 10.2 Å². The summed E-state index contributed by atoms with van der Waals surface area (Å²) in [6, 6.07) is 1.70. The maximum absolute atomic E-state index is 11.2. The lowest BCUT2D eigenvalue weighted by molar-refractivity contribution is -0.139. The van der Waals surface area contributed by atoms with E-state index in [9.17, 15) is 9.90 Å². The molecule has 4 rings (SSSR count). The first kappa shape index (κ1) is 15.8. The largest absolute Gasteiger partial charge is 0.480 e. The zero-order chi connectivity index (χ0) is 16.6. The number of hydrogen-bond donors (Lipinski definition) is 2. The second-order valence-electron chi connectivity index (χ2n) is 7.73. The SMILES string of the molecule is O=C(O)[C@H]1CC2(CCN(c3nccc(C4CCCC4)n3)CC2)CN1. The maximum atomic E-state index is 11.2. The van der Waals surface area contributed by atoms with Gasteiger partial charge in [0.05, 0.1) is 0 Å². The van der Waals surface area contributed by atoms with Gasteiger partial charge in [0.15, 0.2) is 0 Å². The summed E-state index contributed by atoms with van der Waals surface area (Å²) >= 11 is 0. The predicted molar refractivity (Wildman–Crippen MR) is 91.2 cm³/mol. The van der Waals surface area contributed by atoms with E-state index in [1.807, 2.05) is 6.20 Å². The molecule has 2 aliphatic heterocycles. The minimum Gasteiger partial charge on any atom is -0.480 e. The standard InChI is InChI=1S/C18H26N4O2/c23-16(24)15-11-18(12-20-15)6-9-22(10-7-18)17-19-8-5-14(21-17)13-3-1-2-4-13/h5,8,13,15,20H,1-4,6-7,9-12H2,(H,23,24)/t15-/m1/s1. The number of rotatable bonds is 3. The molecule has 6 heteroatoms. The zero-order valence-corrected chi connectivity index (χ0v) is 14.1. The molecule has 130 valence electrons. The number of nitrogens with one attached hydrogen (secondary N) is 1. The molecule has 1 aromatic rings. The first-order valence-electron chi connectivity index (χ1n) is 9.19. The van der Waals surface area contributed by atoms with Crippen LogP contribution in [0.3, 0.4) is 0 Å². The number of aromatic nitrogens is 2. The van der Waals surface area contributed by atoms with E-state index in [-0.39, 0.29) is 11.5 Å². The highest BCUT2D eigenvalue weighted by Crippen LogP contribution is 2.40. The molecular weight excluding hydrogens is 304 g/mol. The van der Waals surface area contributed by atoms with Gasteiger partial charge in [0.1, 0.15) is 6.04 Å². The van der Waals surface area contributed by atoms with Crippen LogP contribution in [0.15, 0.2) is 12.3 Å². The summed E-state index contributed by atoms with van der Waals surface area (Å²) in [5.74, 6) is 0.745. The normalized spacial score (nSPS) is 27.0. The van der Waals surface area contributed by atoms with Crippen molar-refractivity contribution in [1.29, 1.82) is 0 Å². The van der Waals surface area contributed by atoms with Gasteiger partial charge in [-0.1, -0.05) is 12.8 Å². The second-order valence-corrected chi connectivity index (χ2v) is 7.73. The molecule has 0 bridgehead atoms. The highest BCUT2D eigenvalue weighted by Gasteiger charge is 2.43. The topological polar surface area (TPSA) is 78.3 Å². The fourth-order valence-electron chi connectivity index (χ4n) is 4.62. The van der Waals surface area contributed by atoms with Crippen LogP contribution in [-0.4, -0.2) is 46.7 Å². The molecule has 3 fully saturated rings. The molecule has 0 aromatic carbocycles. The summed E-state index contributed by atoms with van der Waals surface area (Å²) in [5, 5.41) is 12.4. The molecule has 1 spiro atoms. The lowest BCUT2D eigenvalue weighted by Gasteiger charge is -2.39. The van der Waals surface area contributed by atoms with Crippen molar-refractivity contribution in [2.45, 2.75) is 56.9 Å². The van der Waals surface area contributed by atoms with Gasteiger partial charge in [-0.25, -0.2) is 9.97 Å². The number of carbonyl (C=O) groups is 1. The minimum absolute atomic E-state index is 0.141. The van der Waals surface area contributed by atoms with Crippen LogP contribution in [0.1, 0.15) is 56.6 Å². The van der Waals surface area contributed by atoms with Crippen molar-refractivity contribution >= 4 is 11.9 Å². The number of carboxylic acid groups (broad SMARTS) is 1. The van der Waals surface area contributed by atoms with Gasteiger partial charge < -0.3 is 15.3 Å². The van der Waals surface area contributed by atoms with Crippen molar-refractivity contribution in [1.82, 2.24) is 15.3 Å². The molecule has 2 saturated heterocycles. The van der Waals surface area contributed by atoms with Crippen LogP contribution in [0.2, 0.25) is 0 Å². The lowest BCUT2D eigenvalue weighted by atomic mass is 9.76. The molecule has 24 heavy (non-hydrogen) atoms. The Balaban J connectivity index is 1.41. The van der Waals surface area contributed by atoms with Crippen molar-refractivity contribution in [2.24, 2.45) is 5.41 Å². The summed E-state index contributed by atoms with van der Waals surface area (Å²) in [6.07, 6.45) is 9.81. The van der Waals surface area contributed by atoms with Gasteiger partial charge in [0.2, 0.25) is 5.95 Å². The van der Waals surface area contributed by atoms with Crippen molar-refractivity contribution in [3.05, 3.63) is 18.0 Å². The minimum atomic E-state index is -0.720. The van der Waals surface area contributed by atoms with Gasteiger partial charge in [0, 0.05) is 37.4 Å². The first-order valence-corrected chi connectivity index (χ1v) is 9.19. The Kier molecular flexibility index (Phi) is 4.16. The number of aliphatic carboxylic acids is 1. The smallest absolute Gasteiger partial charge is 0.320 e. The Morgan fingerprint density at radius 3 is 2.71 bits per heavy atom. The highest BCUT2D eigenvalue weighted by atomic mass is 16.4. The van der Waals surface area contributed by atoms with E-state index in [4.69, 9.17) is 4.98 Å². The molecular formula is C18H26N4O2. The van der Waals surface area contributed by atoms with E-state index in [1.165, 1.54) is 31.4 Å². The molecule has 1 aromatic heterocycles. The van der Waals surface area contributed by atoms with E-state index < -0.39 is 5.97 Å². The summed E-state index contributed by atoms with van der Waals surface area (Å²) in [5.41, 5.74) is 1.34. The molecule has 2 N–H and O–H groups in total. The maximum Gasteiger partial charge on any atom is 0.320 e. The second kappa shape index (κ2) is 6.31. The quantitative estimate of drug-likeness (QED) is 0.884. The van der Waals surface area contributed by atoms with Crippen LogP contribution in [0.5, 0.6) is 0 Å². The zero-order valence-electron chi connectivity index (χ0n) is 14.1. The molecule has 1 atom stereocenters. The van der Waals surface area contributed by atoms with Gasteiger partial charge in [-0.05, 0) is 43.6 Å². The molecule has 0 amide bonds. The van der Waals surface area contributed by atoms with Crippen LogP contribution in [0.25, 0.3) is 0 Å². The van der Waals surface area contributed by atoms with Crippen molar-refractivity contribution < 1.29 is 9.90 Å². The predicted octanol–water partition coefficient (Wildman–Crippen LogP) is 2.17. The molecule has 1 saturated carbocycles. The third kappa shape index (κ3) is 2.99. The number of hydrogen-bond acceptors (Lipinski definition) is 5. The Bertz CT molecular complexity index is 607. The third-order valence-electron chi connectivity index (χ3n) is 6.20. The van der Waals surface area contributed by atoms with Crippen LogP contribution in [-0.2, 0) is 4.79 Å². The Morgan fingerprint density at radius 2 is 2.04 bits per heavy atom. The Morgan fingerprint density at radius 1 is 1.29 bits per heavy atom. The highest BCUT2D eigenvalue weighted by molar-refractivity contribution is 5.74. The number of nitrogens with zero attached hydrogens (tertiary/aromatic N) is 3. The fourth-order valence-corrected chi connectivity index (χ4v) is 4.62. The number of carboxylic acids is 1. The molecule has 3 aliphatic rings. The molecule has 0 radical (unpaired) electrons. The van der Waals surface area contributed by atoms with E-state index in [1.54, 1.807) is 0 Å². The summed E-state index contributed by atoms with van der Waals surface area (Å²) in [7, 11) is 0. The van der Waals surface area contributed by atoms with Crippen LogP contribution in [0, 0.1) is 5.41 Å². The molecule has 3 heterocycles. The van der Waals surface area contributed by atoms with Crippen molar-refractivity contribution in [2.75, 3.05) is 24.5 Å². The summed E-state index contributed by atoms with van der Waals surface area (Å²) in [6.45, 7) is 2.66. The van der Waals surface area contributed by atoms with Gasteiger partial charge in [0.25, 0.3) is 0 Å². The van der Waals surface area contributed by atoms with Crippen molar-refractivity contribution in [3.63, 3.8) is 0 Å². The van der Waals surface area contributed by atoms with E-state index in [0.717, 1.165) is 44.8 Å². The molecule has 0 unspecified atom stereocenters. The van der Waals surface area contributed by atoms with Crippen LogP contribution >= 0.6 is 0 Å². The monoisotopic (exact) mass is 330 g/mol. The van der Waals surface area contributed by atoms with Gasteiger partial charge >= 0.3 is 5.97 Å². The molecule has 1 aliphatic carbocycles. The van der Waals surface area contributed by atoms with Gasteiger partial charge in [-0.2, -0.15) is 0 Å². The van der Waals surface area contributed by atoms with E-state index >= 15 is 0 Å². The van der Waals surface area contributed by atoms with Gasteiger partial charge in [-0.3, -0.25) is 4.79 Å². The fraction of sp³-hybridized carbons (Fsp3) is 0.722. The molecule has 6 nitrogen and oxygen atoms in total. The van der Waals surface area contributed by atoms with Gasteiger partial charge in [-0.15, -0.1) is 0 Å². The Hall–Kier alpha value is -1.69. The van der Waals surface area contributed by atoms with E-state index in [2.05, 4.69) is 21.3 Å². The summed E-state index contributed by atoms with van der Waals surface area (Å²) in [4.78, 5) is 22.8. The lowest BCUT2D eigenvalue weighted by Crippen LogP contribution is -2.42. The summed E-state index contributed by atoms with van der Waals surface area (Å²) < 4.78 is 0. The van der Waals surface area contributed by atoms with Crippen molar-refractivity contribution in [3.8, 4) is 0 Å². The average Bonchev–Trinajstić information content (AvgIpc) is 3.26. The number of piperidine rings is 1. The van der Waals surface area contributed by atoms with Crippen LogP contribution in [0.4, 0.5) is 5.95 Å². The first-order chi connectivity index (χ1) is 11.7. The Labute approximate surface area is 142 Å². The third-order valence-corrected chi connectivity index (χ3v) is 6.20. The average molecular weight is 330 g/mol. The number of anilines is 1. The van der Waals surface area contributed by atoms with E-state index in [0.29, 0.717) is 5.92 Å².